The Kier molecular flexibility index (Phi) is 2.01. The molecule has 1 heterocycles. The maximum atomic E-state index is 11.3. The van der Waals surface area contributed by atoms with Gasteiger partial charge in [-0.15, -0.1) is 0 Å². The molecule has 1 aromatic carbocycles. The third kappa shape index (κ3) is 1.39. The minimum Gasteiger partial charge on any atom is -0.366 e. The summed E-state index contributed by atoms with van der Waals surface area (Å²) < 4.78 is 0. The second kappa shape index (κ2) is 3.10. The number of carbonyl (C=O) groups is 2. The lowest BCUT2D eigenvalue weighted by atomic mass is 10.1. The van der Waals surface area contributed by atoms with Crippen LogP contribution in [0.4, 0.5) is 5.69 Å². The van der Waals surface area contributed by atoms with Crippen LogP contribution in [0.1, 0.15) is 15.9 Å². The minimum atomic E-state index is -0.630. The van der Waals surface area contributed by atoms with Crippen LogP contribution in [0.2, 0.25) is 5.02 Å². The Morgan fingerprint density at radius 2 is 2.13 bits per heavy atom. The van der Waals surface area contributed by atoms with Gasteiger partial charge < -0.3 is 11.1 Å². The molecule has 0 saturated heterocycles. The Labute approximate surface area is 90.7 Å². The molecule has 3 N–H and O–H groups in total. The zero-order valence-electron chi connectivity index (χ0n) is 7.63. The van der Waals surface area contributed by atoms with Crippen molar-refractivity contribution in [2.45, 2.75) is 0 Å². The fourth-order valence-corrected chi connectivity index (χ4v) is 1.69. The molecular formula is C10H7ClN2O2. The van der Waals surface area contributed by atoms with Crippen LogP contribution in [0.3, 0.4) is 0 Å². The number of nitrogens with two attached hydrogens (primary N) is 1. The number of fused-ring (bicyclic) bond motifs is 1. The van der Waals surface area contributed by atoms with E-state index in [1.165, 1.54) is 12.1 Å². The van der Waals surface area contributed by atoms with Gasteiger partial charge in [-0.05, 0) is 12.1 Å². The van der Waals surface area contributed by atoms with Crippen LogP contribution in [0.5, 0.6) is 0 Å². The van der Waals surface area contributed by atoms with Crippen molar-refractivity contribution in [3.05, 3.63) is 34.9 Å². The van der Waals surface area contributed by atoms with Gasteiger partial charge in [0.25, 0.3) is 5.91 Å². The second-order valence-electron chi connectivity index (χ2n) is 3.17. The average Bonchev–Trinajstić information content (AvgIpc) is 2.41. The number of rotatable bonds is 1. The predicted octanol–water partition coefficient (Wildman–Crippen LogP) is 1.40. The van der Waals surface area contributed by atoms with Crippen LogP contribution in [-0.2, 0) is 4.79 Å². The molecule has 0 atom stereocenters. The van der Waals surface area contributed by atoms with E-state index in [1.807, 2.05) is 0 Å². The molecule has 0 spiro atoms. The van der Waals surface area contributed by atoms with Crippen molar-refractivity contribution in [1.82, 2.24) is 0 Å². The molecule has 0 fully saturated rings. The van der Waals surface area contributed by atoms with E-state index in [0.29, 0.717) is 16.8 Å². The normalized spacial score (nSPS) is 13.7. The lowest BCUT2D eigenvalue weighted by molar-refractivity contribution is -0.110. The summed E-state index contributed by atoms with van der Waals surface area (Å²) in [6, 6.07) is 2.97. The molecular weight excluding hydrogens is 216 g/mol. The van der Waals surface area contributed by atoms with Gasteiger partial charge in [0, 0.05) is 11.1 Å². The van der Waals surface area contributed by atoms with Gasteiger partial charge in [-0.1, -0.05) is 18.2 Å². The van der Waals surface area contributed by atoms with E-state index in [9.17, 15) is 9.59 Å². The lowest BCUT2D eigenvalue weighted by Crippen LogP contribution is -2.11. The first-order valence-corrected chi connectivity index (χ1v) is 4.52. The van der Waals surface area contributed by atoms with E-state index in [2.05, 4.69) is 11.9 Å². The van der Waals surface area contributed by atoms with Gasteiger partial charge in [-0.3, -0.25) is 9.59 Å². The quantitative estimate of drug-likeness (QED) is 0.705. The molecule has 0 aromatic heterocycles. The molecule has 2 amide bonds. The van der Waals surface area contributed by atoms with Crippen molar-refractivity contribution in [3.63, 3.8) is 0 Å². The van der Waals surface area contributed by atoms with Crippen molar-refractivity contribution in [2.75, 3.05) is 5.32 Å². The van der Waals surface area contributed by atoms with Crippen LogP contribution in [0.25, 0.3) is 5.57 Å². The van der Waals surface area contributed by atoms with Crippen LogP contribution < -0.4 is 11.1 Å². The average molecular weight is 223 g/mol. The first-order valence-electron chi connectivity index (χ1n) is 4.14. The number of anilines is 1. The molecule has 15 heavy (non-hydrogen) atoms. The Morgan fingerprint density at radius 1 is 1.47 bits per heavy atom. The van der Waals surface area contributed by atoms with Gasteiger partial charge in [-0.25, -0.2) is 0 Å². The van der Waals surface area contributed by atoms with Crippen molar-refractivity contribution in [2.24, 2.45) is 5.73 Å². The summed E-state index contributed by atoms with van der Waals surface area (Å²) in [5.41, 5.74) is 6.75. The Morgan fingerprint density at radius 3 is 2.73 bits per heavy atom. The molecule has 0 radical (unpaired) electrons. The summed E-state index contributed by atoms with van der Waals surface area (Å²) in [5.74, 6) is -0.919. The van der Waals surface area contributed by atoms with E-state index in [1.54, 1.807) is 0 Å². The number of hydrogen-bond acceptors (Lipinski definition) is 2. The standard InChI is InChI=1S/C10H7ClN2O2/c1-4-5-2-6(9(12)14)7(11)3-8(5)13-10(4)15/h2-3H,1H2,(H2,12,14)(H,13,15). The highest BCUT2D eigenvalue weighted by atomic mass is 35.5. The molecule has 2 rings (SSSR count). The van der Waals surface area contributed by atoms with Crippen molar-refractivity contribution < 1.29 is 9.59 Å². The van der Waals surface area contributed by atoms with Crippen molar-refractivity contribution in [1.29, 1.82) is 0 Å². The number of primary amides is 1. The van der Waals surface area contributed by atoms with Gasteiger partial charge in [0.15, 0.2) is 0 Å². The molecule has 1 aliphatic rings. The summed E-state index contributed by atoms with van der Waals surface area (Å²) >= 11 is 5.82. The predicted molar refractivity (Wildman–Crippen MR) is 57.6 cm³/mol. The van der Waals surface area contributed by atoms with Gasteiger partial charge in [-0.2, -0.15) is 0 Å². The molecule has 4 nitrogen and oxygen atoms in total. The largest absolute Gasteiger partial charge is 0.366 e. The highest BCUT2D eigenvalue weighted by Gasteiger charge is 2.24. The fourth-order valence-electron chi connectivity index (χ4n) is 1.44. The molecule has 76 valence electrons. The third-order valence-electron chi connectivity index (χ3n) is 2.22. The minimum absolute atomic E-state index is 0.188. The Bertz CT molecular complexity index is 508. The van der Waals surface area contributed by atoms with Crippen LogP contribution in [0, 0.1) is 0 Å². The number of hydrogen-bond donors (Lipinski definition) is 2. The SMILES string of the molecule is C=C1C(=O)Nc2cc(Cl)c(C(N)=O)cc21. The van der Waals surface area contributed by atoms with Crippen molar-refractivity contribution >= 4 is 34.7 Å². The van der Waals surface area contributed by atoms with Crippen LogP contribution >= 0.6 is 11.6 Å². The van der Waals surface area contributed by atoms with E-state index in [4.69, 9.17) is 17.3 Å². The molecule has 0 aliphatic carbocycles. The zero-order chi connectivity index (χ0) is 11.2. The smallest absolute Gasteiger partial charge is 0.255 e. The van der Waals surface area contributed by atoms with Gasteiger partial charge in [0.1, 0.15) is 0 Å². The van der Waals surface area contributed by atoms with Crippen LogP contribution in [0.15, 0.2) is 18.7 Å². The number of amides is 2. The first-order chi connectivity index (χ1) is 7.00. The van der Waals surface area contributed by atoms with Crippen molar-refractivity contribution in [3.8, 4) is 0 Å². The Hall–Kier alpha value is -1.81. The van der Waals surface area contributed by atoms with E-state index < -0.39 is 5.91 Å². The van der Waals surface area contributed by atoms with Gasteiger partial charge >= 0.3 is 0 Å². The monoisotopic (exact) mass is 222 g/mol. The van der Waals surface area contributed by atoms with Gasteiger partial charge in [0.2, 0.25) is 5.91 Å². The van der Waals surface area contributed by atoms with E-state index in [0.717, 1.165) is 0 Å². The maximum Gasteiger partial charge on any atom is 0.255 e. The molecule has 1 aromatic rings. The van der Waals surface area contributed by atoms with Gasteiger partial charge in [0.05, 0.1) is 16.3 Å². The molecule has 5 heteroatoms. The molecule has 0 saturated carbocycles. The first kappa shape index (κ1) is 9.73. The zero-order valence-corrected chi connectivity index (χ0v) is 8.39. The Balaban J connectivity index is 2.65. The fraction of sp³-hybridized carbons (Fsp3) is 0. The second-order valence-corrected chi connectivity index (χ2v) is 3.58. The highest BCUT2D eigenvalue weighted by Crippen LogP contribution is 2.34. The summed E-state index contributed by atoms with van der Waals surface area (Å²) in [4.78, 5) is 22.3. The number of halogens is 1. The molecule has 0 bridgehead atoms. The lowest BCUT2D eigenvalue weighted by Gasteiger charge is -2.03. The highest BCUT2D eigenvalue weighted by molar-refractivity contribution is 6.36. The third-order valence-corrected chi connectivity index (χ3v) is 2.53. The summed E-state index contributed by atoms with van der Waals surface area (Å²) in [5, 5.41) is 2.80. The van der Waals surface area contributed by atoms with E-state index >= 15 is 0 Å². The number of carbonyl (C=O) groups excluding carboxylic acids is 2. The topological polar surface area (TPSA) is 72.2 Å². The van der Waals surface area contributed by atoms with E-state index in [-0.39, 0.29) is 16.5 Å². The summed E-state index contributed by atoms with van der Waals surface area (Å²) in [7, 11) is 0. The molecule has 0 unspecified atom stereocenters. The number of benzene rings is 1. The number of nitrogens with one attached hydrogen (secondary N) is 1. The molecule has 1 aliphatic heterocycles. The summed E-state index contributed by atoms with van der Waals surface area (Å²) in [6.45, 7) is 3.60. The van der Waals surface area contributed by atoms with Crippen LogP contribution in [-0.4, -0.2) is 11.8 Å². The maximum absolute atomic E-state index is 11.3. The summed E-state index contributed by atoms with van der Waals surface area (Å²) in [6.07, 6.45) is 0.